The van der Waals surface area contributed by atoms with Gasteiger partial charge in [0.2, 0.25) is 6.71 Å². The average molecular weight is 640 g/mol. The highest BCUT2D eigenvalue weighted by atomic mass is 16.6. The average Bonchev–Trinajstić information content (AvgIpc) is 3.04. The van der Waals surface area contributed by atoms with Crippen LogP contribution in [0.4, 0.5) is 16.2 Å². The zero-order valence-electron chi connectivity index (χ0n) is 29.4. The fraction of sp³-hybridized carbons (Fsp3) is 0.222. The maximum atomic E-state index is 14.5. The van der Waals surface area contributed by atoms with Crippen molar-refractivity contribution in [3.8, 4) is 5.75 Å². The Morgan fingerprint density at radius 2 is 1.41 bits per heavy atom. The van der Waals surface area contributed by atoms with E-state index in [1.54, 1.807) is 6.08 Å². The summed E-state index contributed by atoms with van der Waals surface area (Å²) >= 11 is 0. The highest BCUT2D eigenvalue weighted by molar-refractivity contribution is 6.99. The lowest BCUT2D eigenvalue weighted by Gasteiger charge is -2.40. The minimum absolute atomic E-state index is 0.0548. The second-order valence-electron chi connectivity index (χ2n) is 16.2. The molecule has 3 nitrogen and oxygen atoms in total. The largest absolute Gasteiger partial charge is 0.424 e. The molecule has 2 aliphatic rings. The van der Waals surface area contributed by atoms with Crippen molar-refractivity contribution >= 4 is 85.5 Å². The van der Waals surface area contributed by atoms with E-state index in [0.717, 1.165) is 77.9 Å². The number of allylic oxidation sites excluding steroid dienone is 1. The summed E-state index contributed by atoms with van der Waals surface area (Å²) in [5.74, 6) is 0.622. The Kier molecular flexibility index (Phi) is 6.98. The predicted molar refractivity (Wildman–Crippen MR) is 210 cm³/mol. The molecule has 242 valence electrons. The zero-order chi connectivity index (χ0) is 34.4. The van der Waals surface area contributed by atoms with Crippen LogP contribution in [0, 0.1) is 10.8 Å². The third-order valence-corrected chi connectivity index (χ3v) is 10.1. The molecular weight excluding hydrogens is 597 g/mol. The third kappa shape index (κ3) is 4.91. The Balaban J connectivity index is 1.54. The number of carbonyl (C=O) groups is 1. The van der Waals surface area contributed by atoms with Crippen LogP contribution in [0.25, 0.3) is 45.0 Å². The third-order valence-electron chi connectivity index (χ3n) is 10.1. The number of nitrogens with zero attached hydrogens (tertiary/aromatic N) is 1. The van der Waals surface area contributed by atoms with Crippen LogP contribution >= 0.6 is 0 Å². The molecule has 4 heteroatoms. The number of carbonyl (C=O) groups excluding carboxylic acids is 1. The molecule has 0 aromatic heterocycles. The molecular formula is C45H42BNO2. The lowest BCUT2D eigenvalue weighted by atomic mass is 9.33. The van der Waals surface area contributed by atoms with Gasteiger partial charge < -0.3 is 4.74 Å². The maximum absolute atomic E-state index is 14.5. The topological polar surface area (TPSA) is 29.5 Å². The van der Waals surface area contributed by atoms with Crippen LogP contribution in [0.3, 0.4) is 0 Å². The molecule has 1 amide bonds. The summed E-state index contributed by atoms with van der Waals surface area (Å²) in [6, 6.07) is 30.3. The Morgan fingerprint density at radius 3 is 2.08 bits per heavy atom. The van der Waals surface area contributed by atoms with Crippen molar-refractivity contribution in [1.82, 2.24) is 0 Å². The number of hydrogen-bond donors (Lipinski definition) is 0. The predicted octanol–water partition coefficient (Wildman–Crippen LogP) is 8.18. The van der Waals surface area contributed by atoms with Gasteiger partial charge in [0.15, 0.2) is 5.75 Å². The zero-order valence-corrected chi connectivity index (χ0v) is 29.4. The molecule has 2 aliphatic heterocycles. The molecule has 0 saturated heterocycles. The lowest BCUT2D eigenvalue weighted by Crippen LogP contribution is -2.61. The van der Waals surface area contributed by atoms with Crippen molar-refractivity contribution in [2.24, 2.45) is 10.8 Å². The van der Waals surface area contributed by atoms with Crippen LogP contribution in [0.1, 0.15) is 52.7 Å². The molecule has 6 aromatic rings. The second-order valence-corrected chi connectivity index (χ2v) is 16.2. The first-order chi connectivity index (χ1) is 23.4. The van der Waals surface area contributed by atoms with Crippen LogP contribution in [0.15, 0.2) is 97.6 Å². The van der Waals surface area contributed by atoms with Crippen molar-refractivity contribution in [1.29, 1.82) is 0 Å². The van der Waals surface area contributed by atoms with E-state index >= 15 is 0 Å². The second kappa shape index (κ2) is 11.0. The van der Waals surface area contributed by atoms with Crippen molar-refractivity contribution in [2.75, 3.05) is 4.90 Å². The summed E-state index contributed by atoms with van der Waals surface area (Å²) in [5, 5.41) is 7.93. The number of amides is 1. The van der Waals surface area contributed by atoms with Crippen molar-refractivity contribution in [3.63, 3.8) is 0 Å². The van der Waals surface area contributed by atoms with E-state index in [1.807, 2.05) is 29.2 Å². The normalized spacial score (nSPS) is 14.5. The number of anilines is 2. The van der Waals surface area contributed by atoms with Gasteiger partial charge in [-0.2, -0.15) is 0 Å². The summed E-state index contributed by atoms with van der Waals surface area (Å²) in [6.45, 7) is 22.3. The molecule has 0 atom stereocenters. The van der Waals surface area contributed by atoms with Crippen molar-refractivity contribution < 1.29 is 9.53 Å². The molecule has 49 heavy (non-hydrogen) atoms. The molecule has 0 N–H and O–H groups in total. The van der Waals surface area contributed by atoms with Crippen LogP contribution in [-0.4, -0.2) is 12.8 Å². The molecule has 0 fully saturated rings. The molecule has 2 heterocycles. The highest BCUT2D eigenvalue weighted by Crippen LogP contribution is 2.47. The Morgan fingerprint density at radius 1 is 0.755 bits per heavy atom. The number of ether oxygens (including phenoxy) is 1. The fourth-order valence-corrected chi connectivity index (χ4v) is 8.44. The van der Waals surface area contributed by atoms with Gasteiger partial charge in [-0.3, -0.25) is 0 Å². The smallest absolute Gasteiger partial charge is 0.408 e. The molecule has 0 spiro atoms. The minimum Gasteiger partial charge on any atom is -0.408 e. The van der Waals surface area contributed by atoms with E-state index in [2.05, 4.69) is 121 Å². The van der Waals surface area contributed by atoms with Gasteiger partial charge in [0, 0.05) is 16.5 Å². The molecule has 0 unspecified atom stereocenters. The van der Waals surface area contributed by atoms with E-state index in [4.69, 9.17) is 4.74 Å². The lowest BCUT2D eigenvalue weighted by molar-refractivity contribution is 0.210. The van der Waals surface area contributed by atoms with Crippen molar-refractivity contribution in [2.45, 2.75) is 54.4 Å². The monoisotopic (exact) mass is 639 g/mol. The first kappa shape index (κ1) is 31.2. The fourth-order valence-electron chi connectivity index (χ4n) is 8.44. The van der Waals surface area contributed by atoms with Gasteiger partial charge in [-0.25, -0.2) is 9.69 Å². The summed E-state index contributed by atoms with van der Waals surface area (Å²) in [6.07, 6.45) is 5.34. The first-order valence-electron chi connectivity index (χ1n) is 17.3. The van der Waals surface area contributed by atoms with Crippen molar-refractivity contribution in [3.05, 3.63) is 119 Å². The van der Waals surface area contributed by atoms with E-state index in [0.29, 0.717) is 5.75 Å². The van der Waals surface area contributed by atoms with Crippen LogP contribution < -0.4 is 36.5 Å². The summed E-state index contributed by atoms with van der Waals surface area (Å²) in [5.41, 5.74) is 8.36. The highest BCUT2D eigenvalue weighted by Gasteiger charge is 2.44. The van der Waals surface area contributed by atoms with Gasteiger partial charge in [-0.05, 0) is 78.7 Å². The van der Waals surface area contributed by atoms with Crippen LogP contribution in [0.2, 0.25) is 0 Å². The standard InChI is InChI=1S/C45H42BNO2/c1-9-15-31-27(2)32-18-10-11-19-33(32)39-34(31)24-28-22-23-36-41-38(28)42(39)49-43(48)47(41)37-21-13-12-20-35(37)46(36)40-29(25-44(3,4)5)16-14-17-30(40)26-45(6,7)8/h9-24H,1-2,25-26H2,3-8H3/b31-15+. The molecule has 0 radical (unpaired) electrons. The summed E-state index contributed by atoms with van der Waals surface area (Å²) < 4.78 is 6.49. The molecule has 0 aliphatic carbocycles. The number of hydrogen-bond acceptors (Lipinski definition) is 2. The Labute approximate surface area is 289 Å². The Hall–Kier alpha value is -5.09. The van der Waals surface area contributed by atoms with Gasteiger partial charge in [0.25, 0.3) is 0 Å². The van der Waals surface area contributed by atoms with Gasteiger partial charge in [-0.1, -0.05) is 156 Å². The van der Waals surface area contributed by atoms with E-state index in [1.165, 1.54) is 16.6 Å². The Bertz CT molecular complexity index is 2480. The molecule has 0 bridgehead atoms. The van der Waals surface area contributed by atoms with Crippen LogP contribution in [0.5, 0.6) is 5.75 Å². The SMILES string of the molecule is C=C/C=c1\c(=C)c2ccccc2c2c3c4c5c(ccc4cc12)B(c1c(CC(C)(C)C)cccc1CC(C)(C)C)c1ccccc1N5C(=O)O3. The van der Waals surface area contributed by atoms with Gasteiger partial charge >= 0.3 is 6.09 Å². The maximum Gasteiger partial charge on any atom is 0.424 e. The van der Waals surface area contributed by atoms with E-state index < -0.39 is 0 Å². The summed E-state index contributed by atoms with van der Waals surface area (Å²) in [7, 11) is 0. The van der Waals surface area contributed by atoms with E-state index in [-0.39, 0.29) is 23.6 Å². The number of fused-ring (bicyclic) bond motifs is 6. The first-order valence-corrected chi connectivity index (χ1v) is 17.3. The van der Waals surface area contributed by atoms with Gasteiger partial charge in [-0.15, -0.1) is 0 Å². The van der Waals surface area contributed by atoms with E-state index in [9.17, 15) is 4.79 Å². The molecule has 6 aromatic carbocycles. The molecule has 0 saturated carbocycles. The minimum atomic E-state index is -0.380. The molecule has 8 rings (SSSR count). The van der Waals surface area contributed by atoms with Gasteiger partial charge in [0.1, 0.15) is 0 Å². The summed E-state index contributed by atoms with van der Waals surface area (Å²) in [4.78, 5) is 16.3. The van der Waals surface area contributed by atoms with Gasteiger partial charge in [0.05, 0.1) is 5.69 Å². The quantitative estimate of drug-likeness (QED) is 0.111. The number of rotatable bonds is 4. The number of benzene rings is 6. The number of para-hydroxylation sites is 1. The van der Waals surface area contributed by atoms with Crippen LogP contribution in [-0.2, 0) is 12.8 Å².